The van der Waals surface area contributed by atoms with Crippen molar-refractivity contribution in [2.75, 3.05) is 0 Å². The Morgan fingerprint density at radius 3 is 1.10 bits per heavy atom. The number of para-hydroxylation sites is 6. The van der Waals surface area contributed by atoms with Crippen molar-refractivity contribution in [3.8, 4) is 51.1 Å². The number of nitrogens with zero attached hydrogens (tertiary/aromatic N) is 6. The molecule has 0 saturated heterocycles. The van der Waals surface area contributed by atoms with Gasteiger partial charge in [0, 0.05) is 106 Å². The molecule has 0 bridgehead atoms. The second-order valence-corrected chi connectivity index (χ2v) is 25.0. The number of thiophene rings is 2. The van der Waals surface area contributed by atoms with E-state index in [4.69, 9.17) is 4.85 Å². The van der Waals surface area contributed by atoms with Crippen LogP contribution in [0.15, 0.2) is 267 Å². The van der Waals surface area contributed by atoms with Gasteiger partial charge in [-0.25, -0.2) is 4.85 Å². The predicted octanol–water partition coefficient (Wildman–Crippen LogP) is 22.6. The van der Waals surface area contributed by atoms with Crippen LogP contribution < -0.4 is 0 Å². The molecule has 6 aromatic heterocycles. The van der Waals surface area contributed by atoms with Crippen LogP contribution in [-0.4, -0.2) is 18.3 Å². The first-order chi connectivity index (χ1) is 43.6. The summed E-state index contributed by atoms with van der Waals surface area (Å²) >= 11 is 3.59. The lowest BCUT2D eigenvalue weighted by Gasteiger charge is -2.26. The van der Waals surface area contributed by atoms with E-state index in [2.05, 4.69) is 291 Å². The molecule has 0 fully saturated rings. The Kier molecular flexibility index (Phi) is 10.3. The quantitative estimate of drug-likeness (QED) is 0.153. The van der Waals surface area contributed by atoms with Crippen LogP contribution in [0.5, 0.6) is 0 Å². The topological polar surface area (TPSA) is 47.9 Å². The van der Waals surface area contributed by atoms with Crippen molar-refractivity contribution < 1.29 is 0 Å². The van der Waals surface area contributed by atoms with Crippen LogP contribution in [0.1, 0.15) is 5.56 Å². The van der Waals surface area contributed by atoms with Crippen molar-refractivity contribution in [1.29, 1.82) is 5.26 Å². The van der Waals surface area contributed by atoms with Gasteiger partial charge in [0.05, 0.1) is 67.6 Å². The molecular weight excluding hydrogens is 1110 g/mol. The number of hydrogen-bond donors (Lipinski definition) is 0. The van der Waals surface area contributed by atoms with Crippen molar-refractivity contribution in [2.24, 2.45) is 0 Å². The monoisotopic (exact) mass is 1150 g/mol. The molecule has 0 spiro atoms. The fourth-order valence-corrected chi connectivity index (χ4v) is 17.0. The molecule has 0 radical (unpaired) electrons. The van der Waals surface area contributed by atoms with Crippen LogP contribution >= 0.6 is 22.7 Å². The molecule has 13 aromatic carbocycles. The van der Waals surface area contributed by atoms with Crippen molar-refractivity contribution in [1.82, 2.24) is 18.3 Å². The van der Waals surface area contributed by atoms with Crippen LogP contribution in [-0.2, 0) is 0 Å². The molecule has 0 atom stereocenters. The summed E-state index contributed by atoms with van der Waals surface area (Å²) in [5, 5.41) is 26.1. The predicted molar refractivity (Wildman–Crippen MR) is 371 cm³/mol. The van der Waals surface area contributed by atoms with Crippen LogP contribution in [0.25, 0.3) is 177 Å². The Labute approximate surface area is 511 Å². The van der Waals surface area contributed by atoms with Gasteiger partial charge in [-0.05, 0) is 120 Å². The maximum atomic E-state index is 12.7. The summed E-state index contributed by atoms with van der Waals surface area (Å²) < 4.78 is 14.2. The summed E-state index contributed by atoms with van der Waals surface area (Å²) in [5.74, 6) is 0. The van der Waals surface area contributed by atoms with Crippen LogP contribution in [0.4, 0.5) is 5.69 Å². The van der Waals surface area contributed by atoms with Gasteiger partial charge in [-0.2, -0.15) is 5.26 Å². The molecule has 19 aromatic rings. The zero-order valence-corrected chi connectivity index (χ0v) is 48.5. The van der Waals surface area contributed by atoms with E-state index in [-0.39, 0.29) is 0 Å². The lowest BCUT2D eigenvalue weighted by molar-refractivity contribution is 1.14. The van der Waals surface area contributed by atoms with Crippen molar-refractivity contribution in [3.05, 3.63) is 284 Å². The Morgan fingerprint density at radius 2 is 0.659 bits per heavy atom. The molecule has 6 heterocycles. The second-order valence-electron chi connectivity index (χ2n) is 22.9. The molecule has 0 aliphatic carbocycles. The average molecular weight is 1150 g/mol. The van der Waals surface area contributed by atoms with Gasteiger partial charge < -0.3 is 18.3 Å². The normalized spacial score (nSPS) is 12.1. The van der Waals surface area contributed by atoms with Gasteiger partial charge in [0.2, 0.25) is 5.69 Å². The van der Waals surface area contributed by atoms with Gasteiger partial charge in [0.1, 0.15) is 6.07 Å². The van der Waals surface area contributed by atoms with Crippen LogP contribution in [0.2, 0.25) is 0 Å². The van der Waals surface area contributed by atoms with Gasteiger partial charge in [-0.3, -0.25) is 0 Å². The van der Waals surface area contributed by atoms with E-state index in [1.54, 1.807) is 22.7 Å². The van der Waals surface area contributed by atoms with Gasteiger partial charge in [-0.15, -0.1) is 22.7 Å². The fourth-order valence-electron chi connectivity index (χ4n) is 14.7. The first-order valence-corrected chi connectivity index (χ1v) is 31.1. The van der Waals surface area contributed by atoms with E-state index in [0.29, 0.717) is 28.2 Å². The summed E-state index contributed by atoms with van der Waals surface area (Å²) in [6.45, 7) is 9.92. The van der Waals surface area contributed by atoms with Crippen molar-refractivity contribution in [3.63, 3.8) is 0 Å². The maximum absolute atomic E-state index is 12.7. The SMILES string of the molecule is [C-]#[N+]c1c(-c2ccc3c(c2)c2ccccc2n3-c2ccccc2)c(C#N)c(-n2c3ccccc3c3cc4c(cc32)sc2ccccc24)c(-c2ccc3c(c2)c2ccccc2n3-c2ccccc2)c1-n1c2ccccc2c2cc3c(cc21)sc1ccccc13. The van der Waals surface area contributed by atoms with E-state index in [9.17, 15) is 11.8 Å². The lowest BCUT2D eigenvalue weighted by Crippen LogP contribution is -2.09. The minimum absolute atomic E-state index is 0.389. The van der Waals surface area contributed by atoms with Gasteiger partial charge >= 0.3 is 0 Å². The largest absolute Gasteiger partial charge is 0.318 e. The maximum Gasteiger partial charge on any atom is 0.220 e. The standard InChI is InChI=1S/C80H44N6S2/c1-82-78-76(47-36-38-68-57(40-47)51-24-8-14-30-64(51)83(68)49-20-4-2-5-21-49)63(46-81)79(85-66-32-16-10-26-53(66)59-42-61-55-28-12-18-34-72(55)87-74(61)44-70(59)85)77(48-37-39-69-58(41-48)52-25-9-15-31-65(52)84(69)50-22-6-3-7-23-50)80(78)86-67-33-17-11-27-54(67)60-43-62-56-29-13-19-35-73(56)88-75(62)45-71(60)86/h2-45H. The van der Waals surface area contributed by atoms with Gasteiger partial charge in [-0.1, -0.05) is 158 Å². The van der Waals surface area contributed by atoms with E-state index in [1.165, 1.54) is 30.9 Å². The van der Waals surface area contributed by atoms with Crippen molar-refractivity contribution >= 4 is 156 Å². The highest BCUT2D eigenvalue weighted by atomic mass is 32.1. The third-order valence-corrected chi connectivity index (χ3v) is 20.7. The van der Waals surface area contributed by atoms with Crippen LogP contribution in [0.3, 0.4) is 0 Å². The second kappa shape index (κ2) is 18.5. The Balaban J connectivity index is 1.04. The summed E-state index contributed by atoms with van der Waals surface area (Å²) in [6.07, 6.45) is 0. The number of nitriles is 1. The third-order valence-electron chi connectivity index (χ3n) is 18.4. The van der Waals surface area contributed by atoms with Crippen LogP contribution in [0, 0.1) is 17.9 Å². The summed E-state index contributed by atoms with van der Waals surface area (Å²) in [6, 6.07) is 98.7. The van der Waals surface area contributed by atoms with E-state index in [1.807, 2.05) is 0 Å². The minimum Gasteiger partial charge on any atom is -0.318 e. The van der Waals surface area contributed by atoms with E-state index >= 15 is 0 Å². The number of benzene rings is 13. The zero-order valence-electron chi connectivity index (χ0n) is 46.9. The van der Waals surface area contributed by atoms with Gasteiger partial charge in [0.25, 0.3) is 0 Å². The molecule has 19 rings (SSSR count). The Hall–Kier alpha value is -11.5. The fraction of sp³-hybridized carbons (Fsp3) is 0. The number of hydrogen-bond acceptors (Lipinski definition) is 3. The molecule has 6 nitrogen and oxygen atoms in total. The highest BCUT2D eigenvalue weighted by molar-refractivity contribution is 7.26. The summed E-state index contributed by atoms with van der Waals surface area (Å²) in [7, 11) is 0. The van der Waals surface area contributed by atoms with Crippen molar-refractivity contribution in [2.45, 2.75) is 0 Å². The lowest BCUT2D eigenvalue weighted by atomic mass is 9.87. The summed E-state index contributed by atoms with van der Waals surface area (Å²) in [4.78, 5) is 4.84. The van der Waals surface area contributed by atoms with E-state index < -0.39 is 0 Å². The van der Waals surface area contributed by atoms with E-state index in [0.717, 1.165) is 125 Å². The molecule has 0 saturated carbocycles. The Morgan fingerprint density at radius 1 is 0.295 bits per heavy atom. The molecular formula is C80H44N6S2. The van der Waals surface area contributed by atoms with Gasteiger partial charge in [0.15, 0.2) is 0 Å². The summed E-state index contributed by atoms with van der Waals surface area (Å²) in [5.41, 5.74) is 15.5. The molecule has 88 heavy (non-hydrogen) atoms. The molecule has 0 unspecified atom stereocenters. The smallest absolute Gasteiger partial charge is 0.220 e. The molecule has 0 aliphatic rings. The zero-order chi connectivity index (χ0) is 57.9. The third kappa shape index (κ3) is 6.73. The molecule has 0 amide bonds. The molecule has 0 N–H and O–H groups in total. The molecule has 8 heteroatoms. The highest BCUT2D eigenvalue weighted by Crippen LogP contribution is 2.55. The molecule has 406 valence electrons. The molecule has 0 aliphatic heterocycles. The minimum atomic E-state index is 0.389. The average Bonchev–Trinajstić information content (AvgIpc) is 1.59. The number of fused-ring (bicyclic) bond motifs is 18. The highest BCUT2D eigenvalue weighted by Gasteiger charge is 2.33. The Bertz CT molecular complexity index is 6100. The first-order valence-electron chi connectivity index (χ1n) is 29.5. The first kappa shape index (κ1) is 48.8. The number of aromatic nitrogens is 4. The number of rotatable bonds is 6.